The Kier molecular flexibility index (Phi) is 4.77. The van der Waals surface area contributed by atoms with Crippen LogP contribution in [0, 0.1) is 0 Å². The normalized spacial score (nSPS) is 17.0. The summed E-state index contributed by atoms with van der Waals surface area (Å²) in [5.41, 5.74) is 0.655. The summed E-state index contributed by atoms with van der Waals surface area (Å²) in [5, 5.41) is 2.73. The number of benzene rings is 1. The van der Waals surface area contributed by atoms with Crippen molar-refractivity contribution in [1.82, 2.24) is 20.2 Å². The van der Waals surface area contributed by atoms with Gasteiger partial charge in [-0.3, -0.25) is 19.3 Å². The van der Waals surface area contributed by atoms with E-state index in [9.17, 15) is 14.4 Å². The first-order valence-electron chi connectivity index (χ1n) is 9.38. The van der Waals surface area contributed by atoms with Crippen LogP contribution in [0.5, 0.6) is 0 Å². The summed E-state index contributed by atoms with van der Waals surface area (Å²) in [6, 6.07) is 7.52. The van der Waals surface area contributed by atoms with Gasteiger partial charge in [0.25, 0.3) is 11.8 Å². The van der Waals surface area contributed by atoms with E-state index in [1.54, 1.807) is 37.4 Å². The number of amides is 3. The third kappa shape index (κ3) is 3.21. The molecule has 1 saturated heterocycles. The van der Waals surface area contributed by atoms with E-state index >= 15 is 0 Å². The maximum absolute atomic E-state index is 12.6. The van der Waals surface area contributed by atoms with Crippen molar-refractivity contribution >= 4 is 23.5 Å². The average Bonchev–Trinajstić information content (AvgIpc) is 3.34. The van der Waals surface area contributed by atoms with Gasteiger partial charge in [-0.2, -0.15) is 0 Å². The molecular weight excluding hydrogens is 358 g/mol. The Bertz CT molecular complexity index is 904. The van der Waals surface area contributed by atoms with Crippen LogP contribution in [0.3, 0.4) is 0 Å². The number of nitrogens with one attached hydrogen (secondary N) is 1. The van der Waals surface area contributed by atoms with Crippen LogP contribution in [0.15, 0.2) is 36.5 Å². The van der Waals surface area contributed by atoms with E-state index in [2.05, 4.69) is 20.2 Å². The van der Waals surface area contributed by atoms with Gasteiger partial charge in [0.15, 0.2) is 0 Å². The van der Waals surface area contributed by atoms with Crippen molar-refractivity contribution < 1.29 is 14.4 Å². The van der Waals surface area contributed by atoms with Crippen LogP contribution < -0.4 is 10.2 Å². The van der Waals surface area contributed by atoms with Gasteiger partial charge in [-0.25, -0.2) is 9.97 Å². The highest BCUT2D eigenvalue weighted by Crippen LogP contribution is 2.24. The molecule has 144 valence electrons. The van der Waals surface area contributed by atoms with Gasteiger partial charge in [-0.05, 0) is 38.0 Å². The molecule has 3 heterocycles. The second kappa shape index (κ2) is 7.38. The molecule has 2 aliphatic heterocycles. The SMILES string of the molecule is CC(C(=O)NCc1nccc(N2CCCC2)n1)N1C(=O)c2ccccc2C1=O. The summed E-state index contributed by atoms with van der Waals surface area (Å²) < 4.78 is 0. The number of carbonyl (C=O) groups is 3. The van der Waals surface area contributed by atoms with Crippen LogP contribution in [0.1, 0.15) is 46.3 Å². The molecule has 3 amide bonds. The minimum atomic E-state index is -0.922. The fraction of sp³-hybridized carbons (Fsp3) is 0.350. The fourth-order valence-electron chi connectivity index (χ4n) is 3.59. The van der Waals surface area contributed by atoms with Gasteiger partial charge in [0, 0.05) is 19.3 Å². The lowest BCUT2D eigenvalue weighted by atomic mass is 10.1. The number of aromatic nitrogens is 2. The van der Waals surface area contributed by atoms with Crippen LogP contribution in [0.2, 0.25) is 0 Å². The molecule has 1 fully saturated rings. The molecule has 0 aliphatic carbocycles. The minimum absolute atomic E-state index is 0.133. The van der Waals surface area contributed by atoms with E-state index in [-0.39, 0.29) is 6.54 Å². The monoisotopic (exact) mass is 379 g/mol. The van der Waals surface area contributed by atoms with E-state index in [1.165, 1.54) is 0 Å². The highest BCUT2D eigenvalue weighted by molar-refractivity contribution is 6.22. The maximum Gasteiger partial charge on any atom is 0.262 e. The van der Waals surface area contributed by atoms with Crippen molar-refractivity contribution in [2.24, 2.45) is 0 Å². The molecule has 1 aromatic heterocycles. The summed E-state index contributed by atoms with van der Waals surface area (Å²) in [4.78, 5) is 49.5. The molecule has 0 spiro atoms. The van der Waals surface area contributed by atoms with Gasteiger partial charge in [0.05, 0.1) is 17.7 Å². The number of hydrogen-bond acceptors (Lipinski definition) is 6. The van der Waals surface area contributed by atoms with Gasteiger partial charge < -0.3 is 10.2 Å². The molecule has 1 N–H and O–H groups in total. The molecular formula is C20H21N5O3. The van der Waals surface area contributed by atoms with E-state index in [0.717, 1.165) is 36.6 Å². The Labute approximate surface area is 162 Å². The molecule has 2 aromatic rings. The summed E-state index contributed by atoms with van der Waals surface area (Å²) in [6.07, 6.45) is 3.97. The Morgan fingerprint density at radius 1 is 1.11 bits per heavy atom. The third-order valence-corrected chi connectivity index (χ3v) is 5.13. The third-order valence-electron chi connectivity index (χ3n) is 5.13. The standard InChI is InChI=1S/C20H21N5O3/c1-13(25-19(27)14-6-2-3-7-15(14)20(25)28)18(26)22-12-16-21-9-8-17(23-16)24-10-4-5-11-24/h2-3,6-9,13H,4-5,10-12H2,1H3,(H,22,26). The van der Waals surface area contributed by atoms with Crippen molar-refractivity contribution in [2.45, 2.75) is 32.4 Å². The number of hydrogen-bond donors (Lipinski definition) is 1. The molecule has 0 bridgehead atoms. The van der Waals surface area contributed by atoms with Crippen LogP contribution in [0.25, 0.3) is 0 Å². The van der Waals surface area contributed by atoms with E-state index in [4.69, 9.17) is 0 Å². The van der Waals surface area contributed by atoms with Gasteiger partial charge in [-0.1, -0.05) is 12.1 Å². The number of carbonyl (C=O) groups excluding carboxylic acids is 3. The molecule has 8 nitrogen and oxygen atoms in total. The highest BCUT2D eigenvalue weighted by atomic mass is 16.2. The van der Waals surface area contributed by atoms with Crippen LogP contribution in [-0.2, 0) is 11.3 Å². The predicted molar refractivity (Wildman–Crippen MR) is 102 cm³/mol. The zero-order chi connectivity index (χ0) is 19.7. The lowest BCUT2D eigenvalue weighted by Gasteiger charge is -2.21. The van der Waals surface area contributed by atoms with Crippen LogP contribution in [-0.4, -0.2) is 51.7 Å². The molecule has 1 unspecified atom stereocenters. The molecule has 28 heavy (non-hydrogen) atoms. The summed E-state index contributed by atoms with van der Waals surface area (Å²) in [5.74, 6) is 0.0215. The second-order valence-corrected chi connectivity index (χ2v) is 6.94. The maximum atomic E-state index is 12.6. The van der Waals surface area contributed by atoms with Crippen LogP contribution >= 0.6 is 0 Å². The average molecular weight is 379 g/mol. The largest absolute Gasteiger partial charge is 0.357 e. The molecule has 4 rings (SSSR count). The van der Waals surface area contributed by atoms with Crippen molar-refractivity contribution in [3.05, 3.63) is 53.5 Å². The Morgan fingerprint density at radius 3 is 2.39 bits per heavy atom. The van der Waals surface area contributed by atoms with Crippen LogP contribution in [0.4, 0.5) is 5.82 Å². The summed E-state index contributed by atoms with van der Waals surface area (Å²) in [6.45, 7) is 3.62. The molecule has 2 aliphatic rings. The minimum Gasteiger partial charge on any atom is -0.357 e. The zero-order valence-electron chi connectivity index (χ0n) is 15.6. The van der Waals surface area contributed by atoms with Gasteiger partial charge in [0.1, 0.15) is 17.7 Å². The smallest absolute Gasteiger partial charge is 0.262 e. The van der Waals surface area contributed by atoms with Crippen molar-refractivity contribution in [3.8, 4) is 0 Å². The Morgan fingerprint density at radius 2 is 1.75 bits per heavy atom. The zero-order valence-corrected chi connectivity index (χ0v) is 15.6. The number of rotatable bonds is 5. The molecule has 1 aromatic carbocycles. The molecule has 1 atom stereocenters. The quantitative estimate of drug-likeness (QED) is 0.789. The lowest BCUT2D eigenvalue weighted by Crippen LogP contribution is -2.47. The molecule has 0 saturated carbocycles. The van der Waals surface area contributed by atoms with E-state index in [1.807, 2.05) is 6.07 Å². The molecule has 8 heteroatoms. The first-order valence-corrected chi connectivity index (χ1v) is 9.38. The lowest BCUT2D eigenvalue weighted by molar-refractivity contribution is -0.124. The van der Waals surface area contributed by atoms with E-state index in [0.29, 0.717) is 17.0 Å². The summed E-state index contributed by atoms with van der Waals surface area (Å²) >= 11 is 0. The van der Waals surface area contributed by atoms with Crippen molar-refractivity contribution in [3.63, 3.8) is 0 Å². The summed E-state index contributed by atoms with van der Waals surface area (Å²) in [7, 11) is 0. The fourth-order valence-corrected chi connectivity index (χ4v) is 3.59. The van der Waals surface area contributed by atoms with Gasteiger partial charge >= 0.3 is 0 Å². The van der Waals surface area contributed by atoms with E-state index < -0.39 is 23.8 Å². The molecule has 0 radical (unpaired) electrons. The predicted octanol–water partition coefficient (Wildman–Crippen LogP) is 1.38. The first kappa shape index (κ1) is 18.1. The number of anilines is 1. The number of nitrogens with zero attached hydrogens (tertiary/aromatic N) is 4. The Balaban J connectivity index is 1.41. The number of imide groups is 1. The first-order chi connectivity index (χ1) is 13.6. The topological polar surface area (TPSA) is 95.5 Å². The number of fused-ring (bicyclic) bond motifs is 1. The van der Waals surface area contributed by atoms with Gasteiger partial charge in [0.2, 0.25) is 5.91 Å². The van der Waals surface area contributed by atoms with Crippen molar-refractivity contribution in [2.75, 3.05) is 18.0 Å². The highest BCUT2D eigenvalue weighted by Gasteiger charge is 2.40. The second-order valence-electron chi connectivity index (χ2n) is 6.94. The Hall–Kier alpha value is -3.29. The van der Waals surface area contributed by atoms with Crippen molar-refractivity contribution in [1.29, 1.82) is 0 Å². The van der Waals surface area contributed by atoms with Gasteiger partial charge in [-0.15, -0.1) is 0 Å².